The topological polar surface area (TPSA) is 67.8 Å². The van der Waals surface area contributed by atoms with Gasteiger partial charge in [-0.25, -0.2) is 0 Å². The first kappa shape index (κ1) is 21.2. The van der Waals surface area contributed by atoms with Crippen LogP contribution in [0.2, 0.25) is 0 Å². The van der Waals surface area contributed by atoms with Crippen LogP contribution in [0, 0.1) is 0 Å². The minimum absolute atomic E-state index is 0.448. The number of hydrogen-bond donors (Lipinski definition) is 2. The molecule has 6 nitrogen and oxygen atoms in total. The van der Waals surface area contributed by atoms with Crippen molar-refractivity contribution in [2.75, 3.05) is 20.7 Å². The molecule has 0 saturated carbocycles. The highest BCUT2D eigenvalue weighted by atomic mass is 16.5. The van der Waals surface area contributed by atoms with Crippen molar-refractivity contribution in [1.82, 2.24) is 15.6 Å². The fraction of sp³-hybridized carbons (Fsp3) is 0.250. The Bertz CT molecular complexity index is 945. The lowest BCUT2D eigenvalue weighted by molar-refractivity contribution is 0.301. The molecule has 0 atom stereocenters. The van der Waals surface area contributed by atoms with Crippen molar-refractivity contribution in [2.24, 2.45) is 4.99 Å². The number of guanidine groups is 1. The van der Waals surface area contributed by atoms with Gasteiger partial charge in [0.25, 0.3) is 0 Å². The molecule has 0 radical (unpaired) electrons. The van der Waals surface area contributed by atoms with Crippen molar-refractivity contribution in [3.63, 3.8) is 0 Å². The number of hydrogen-bond acceptors (Lipinski definition) is 4. The molecule has 156 valence electrons. The van der Waals surface area contributed by atoms with E-state index < -0.39 is 0 Å². The summed E-state index contributed by atoms with van der Waals surface area (Å²) in [6, 6.07) is 21.9. The van der Waals surface area contributed by atoms with E-state index in [1.807, 2.05) is 54.6 Å². The van der Waals surface area contributed by atoms with Crippen molar-refractivity contribution in [1.29, 1.82) is 0 Å². The number of rotatable bonds is 9. The third-order valence-electron chi connectivity index (χ3n) is 4.57. The summed E-state index contributed by atoms with van der Waals surface area (Å²) in [5, 5.41) is 6.69. The van der Waals surface area contributed by atoms with E-state index in [-0.39, 0.29) is 0 Å². The van der Waals surface area contributed by atoms with Gasteiger partial charge >= 0.3 is 0 Å². The van der Waals surface area contributed by atoms with Crippen LogP contribution in [0.3, 0.4) is 0 Å². The molecule has 0 aliphatic rings. The first-order valence-electron chi connectivity index (χ1n) is 9.96. The lowest BCUT2D eigenvalue weighted by Crippen LogP contribution is -2.37. The van der Waals surface area contributed by atoms with E-state index in [1.165, 1.54) is 5.56 Å². The summed E-state index contributed by atoms with van der Waals surface area (Å²) in [5.41, 5.74) is 3.18. The van der Waals surface area contributed by atoms with E-state index in [9.17, 15) is 0 Å². The maximum Gasteiger partial charge on any atom is 0.191 e. The molecule has 0 aliphatic heterocycles. The van der Waals surface area contributed by atoms with Crippen molar-refractivity contribution >= 4 is 5.96 Å². The van der Waals surface area contributed by atoms with Gasteiger partial charge in [-0.1, -0.05) is 36.4 Å². The Balaban J connectivity index is 1.46. The maximum atomic E-state index is 5.85. The van der Waals surface area contributed by atoms with Gasteiger partial charge in [0.1, 0.15) is 18.1 Å². The Morgan fingerprint density at radius 3 is 2.67 bits per heavy atom. The lowest BCUT2D eigenvalue weighted by atomic mass is 10.1. The minimum atomic E-state index is 0.448. The molecule has 0 aliphatic carbocycles. The average Bonchev–Trinajstić information content (AvgIpc) is 2.81. The maximum absolute atomic E-state index is 5.85. The van der Waals surface area contributed by atoms with Crippen molar-refractivity contribution in [3.8, 4) is 11.5 Å². The second-order valence-corrected chi connectivity index (χ2v) is 6.67. The predicted octanol–water partition coefficient (Wildman–Crippen LogP) is 3.58. The molecule has 0 fully saturated rings. The molecule has 6 heteroatoms. The SMILES string of the molecule is CN=C(NCCc1ccccc1OC)NCc1cccc(OCc2ccccn2)c1. The van der Waals surface area contributed by atoms with Crippen molar-refractivity contribution < 1.29 is 9.47 Å². The molecule has 1 aromatic heterocycles. The van der Waals surface area contributed by atoms with Gasteiger partial charge in [-0.2, -0.15) is 0 Å². The molecule has 3 rings (SSSR count). The van der Waals surface area contributed by atoms with Gasteiger partial charge in [-0.15, -0.1) is 0 Å². The number of para-hydroxylation sites is 1. The summed E-state index contributed by atoms with van der Waals surface area (Å²) in [7, 11) is 3.46. The van der Waals surface area contributed by atoms with Gasteiger partial charge in [0.15, 0.2) is 5.96 Å². The van der Waals surface area contributed by atoms with Gasteiger partial charge in [-0.3, -0.25) is 9.98 Å². The lowest BCUT2D eigenvalue weighted by Gasteiger charge is -2.14. The molecule has 3 aromatic rings. The Morgan fingerprint density at radius 1 is 1.00 bits per heavy atom. The van der Waals surface area contributed by atoms with Gasteiger partial charge < -0.3 is 20.1 Å². The minimum Gasteiger partial charge on any atom is -0.496 e. The Kier molecular flexibility index (Phi) is 8.09. The monoisotopic (exact) mass is 404 g/mol. The summed E-state index contributed by atoms with van der Waals surface area (Å²) in [6.45, 7) is 1.85. The summed E-state index contributed by atoms with van der Waals surface area (Å²) >= 11 is 0. The Hall–Kier alpha value is -3.54. The van der Waals surface area contributed by atoms with E-state index in [0.717, 1.165) is 41.7 Å². The highest BCUT2D eigenvalue weighted by molar-refractivity contribution is 5.79. The molecular weight excluding hydrogens is 376 g/mol. The second kappa shape index (κ2) is 11.5. The van der Waals surface area contributed by atoms with Crippen LogP contribution in [0.5, 0.6) is 11.5 Å². The Morgan fingerprint density at radius 2 is 1.87 bits per heavy atom. The van der Waals surface area contributed by atoms with Crippen LogP contribution in [0.25, 0.3) is 0 Å². The number of nitrogens with one attached hydrogen (secondary N) is 2. The molecule has 0 spiro atoms. The first-order valence-corrected chi connectivity index (χ1v) is 9.96. The van der Waals surface area contributed by atoms with E-state index in [0.29, 0.717) is 13.2 Å². The van der Waals surface area contributed by atoms with Crippen LogP contribution in [-0.2, 0) is 19.6 Å². The van der Waals surface area contributed by atoms with Crippen LogP contribution in [0.4, 0.5) is 0 Å². The summed E-state index contributed by atoms with van der Waals surface area (Å²) in [6.07, 6.45) is 2.62. The van der Waals surface area contributed by atoms with Gasteiger partial charge in [0, 0.05) is 26.3 Å². The van der Waals surface area contributed by atoms with Gasteiger partial charge in [0.2, 0.25) is 0 Å². The molecule has 0 bridgehead atoms. The fourth-order valence-electron chi connectivity index (χ4n) is 3.02. The second-order valence-electron chi connectivity index (χ2n) is 6.67. The number of methoxy groups -OCH3 is 1. The fourth-order valence-corrected chi connectivity index (χ4v) is 3.02. The van der Waals surface area contributed by atoms with E-state index in [1.54, 1.807) is 20.4 Å². The molecule has 2 N–H and O–H groups in total. The third kappa shape index (κ3) is 6.51. The van der Waals surface area contributed by atoms with E-state index in [4.69, 9.17) is 9.47 Å². The zero-order valence-electron chi connectivity index (χ0n) is 17.5. The largest absolute Gasteiger partial charge is 0.496 e. The molecule has 2 aromatic carbocycles. The van der Waals surface area contributed by atoms with Gasteiger partial charge in [0.05, 0.1) is 12.8 Å². The standard InChI is InChI=1S/C24H28N4O2/c1-25-24(27-15-13-20-9-3-4-12-23(20)29-2)28-17-19-8-7-11-22(16-19)30-18-21-10-5-6-14-26-21/h3-12,14,16H,13,15,17-18H2,1-2H3,(H2,25,27,28). The average molecular weight is 405 g/mol. The molecule has 0 unspecified atom stereocenters. The summed E-state index contributed by atoms with van der Waals surface area (Å²) < 4.78 is 11.3. The molecule has 0 saturated heterocycles. The number of nitrogens with zero attached hydrogens (tertiary/aromatic N) is 2. The predicted molar refractivity (Wildman–Crippen MR) is 120 cm³/mol. The van der Waals surface area contributed by atoms with E-state index >= 15 is 0 Å². The number of aliphatic imine (C=N–C) groups is 1. The van der Waals surface area contributed by atoms with Gasteiger partial charge in [-0.05, 0) is 47.9 Å². The number of ether oxygens (including phenoxy) is 2. The number of aromatic nitrogens is 1. The van der Waals surface area contributed by atoms with Crippen molar-refractivity contribution in [3.05, 3.63) is 89.7 Å². The van der Waals surface area contributed by atoms with Crippen LogP contribution in [0.1, 0.15) is 16.8 Å². The van der Waals surface area contributed by atoms with Crippen LogP contribution < -0.4 is 20.1 Å². The van der Waals surface area contributed by atoms with Crippen LogP contribution in [-0.4, -0.2) is 31.6 Å². The zero-order valence-corrected chi connectivity index (χ0v) is 17.5. The third-order valence-corrected chi connectivity index (χ3v) is 4.57. The molecule has 30 heavy (non-hydrogen) atoms. The highest BCUT2D eigenvalue weighted by Crippen LogP contribution is 2.17. The molecule has 1 heterocycles. The number of pyridine rings is 1. The molecule has 0 amide bonds. The smallest absolute Gasteiger partial charge is 0.191 e. The highest BCUT2D eigenvalue weighted by Gasteiger charge is 2.04. The summed E-state index contributed by atoms with van der Waals surface area (Å²) in [5.74, 6) is 2.48. The quantitative estimate of drug-likeness (QED) is 0.422. The zero-order chi connectivity index (χ0) is 21.0. The summed E-state index contributed by atoms with van der Waals surface area (Å²) in [4.78, 5) is 8.58. The Labute approximate surface area is 178 Å². The van der Waals surface area contributed by atoms with E-state index in [2.05, 4.69) is 32.7 Å². The van der Waals surface area contributed by atoms with Crippen LogP contribution in [0.15, 0.2) is 77.9 Å². The molecular formula is C24H28N4O2. The number of benzene rings is 2. The van der Waals surface area contributed by atoms with Crippen LogP contribution >= 0.6 is 0 Å². The first-order chi connectivity index (χ1) is 14.8. The van der Waals surface area contributed by atoms with Crippen molar-refractivity contribution in [2.45, 2.75) is 19.6 Å². The normalized spacial score (nSPS) is 11.1.